The van der Waals surface area contributed by atoms with Crippen LogP contribution in [0.15, 0.2) is 60.7 Å². The lowest BCUT2D eigenvalue weighted by atomic mass is 9.99. The molecule has 0 amide bonds. The van der Waals surface area contributed by atoms with Gasteiger partial charge in [0.25, 0.3) is 0 Å². The van der Waals surface area contributed by atoms with Crippen molar-refractivity contribution in [1.29, 1.82) is 0 Å². The van der Waals surface area contributed by atoms with Crippen molar-refractivity contribution in [3.63, 3.8) is 0 Å². The lowest BCUT2D eigenvalue weighted by molar-refractivity contribution is 0.143. The van der Waals surface area contributed by atoms with E-state index in [4.69, 9.17) is 37.8 Å². The van der Waals surface area contributed by atoms with Crippen LogP contribution >= 0.6 is 12.2 Å². The van der Waals surface area contributed by atoms with Crippen LogP contribution in [-0.2, 0) is 11.3 Å². The van der Waals surface area contributed by atoms with Crippen LogP contribution in [0, 0.1) is 17.1 Å². The summed E-state index contributed by atoms with van der Waals surface area (Å²) in [4.78, 5) is 9.49. The molecule has 0 aliphatic rings. The van der Waals surface area contributed by atoms with Crippen LogP contribution in [0.4, 0.5) is 0 Å². The molecule has 0 radical (unpaired) electrons. The zero-order valence-corrected chi connectivity index (χ0v) is 21.5. The summed E-state index contributed by atoms with van der Waals surface area (Å²) in [5, 5.41) is 0.919. The first-order valence-corrected chi connectivity index (χ1v) is 12.2. The van der Waals surface area contributed by atoms with Gasteiger partial charge in [-0.2, -0.15) is 0 Å². The van der Waals surface area contributed by atoms with E-state index in [1.54, 1.807) is 7.11 Å². The molecule has 0 saturated heterocycles. The van der Waals surface area contributed by atoms with Crippen LogP contribution in [-0.4, -0.2) is 41.5 Å². The number of hydrogen-bond acceptors (Lipinski definition) is 6. The van der Waals surface area contributed by atoms with Crippen molar-refractivity contribution in [3.05, 3.63) is 76.7 Å². The Bertz CT molecular complexity index is 1440. The van der Waals surface area contributed by atoms with Crippen LogP contribution in [0.3, 0.4) is 0 Å². The summed E-state index contributed by atoms with van der Waals surface area (Å²) in [6, 6.07) is 20.0. The van der Waals surface area contributed by atoms with Crippen molar-refractivity contribution in [3.8, 4) is 35.2 Å². The molecule has 0 atom stereocenters. The quantitative estimate of drug-likeness (QED) is 0.151. The maximum absolute atomic E-state index is 5.77. The molecule has 4 aromatic rings. The van der Waals surface area contributed by atoms with E-state index in [9.17, 15) is 0 Å². The van der Waals surface area contributed by atoms with Crippen molar-refractivity contribution < 1.29 is 14.2 Å². The van der Waals surface area contributed by atoms with Gasteiger partial charge in [0, 0.05) is 24.1 Å². The van der Waals surface area contributed by atoms with E-state index in [0.29, 0.717) is 42.1 Å². The third-order valence-corrected chi connectivity index (χ3v) is 6.08. The molecular formula is C29H29N3O3S. The lowest BCUT2D eigenvalue weighted by Gasteiger charge is -2.16. The zero-order chi connectivity index (χ0) is 25.5. The Morgan fingerprint density at radius 3 is 2.53 bits per heavy atom. The molecule has 0 N–H and O–H groups in total. The molecule has 0 saturated carbocycles. The number of nitrogens with zero attached hydrogens (tertiary/aromatic N) is 3. The van der Waals surface area contributed by atoms with Gasteiger partial charge >= 0.3 is 0 Å². The highest BCUT2D eigenvalue weighted by atomic mass is 32.1. The highest BCUT2D eigenvalue weighted by Gasteiger charge is 2.14. The highest BCUT2D eigenvalue weighted by molar-refractivity contribution is 7.71. The largest absolute Gasteiger partial charge is 0.481 e. The zero-order valence-electron chi connectivity index (χ0n) is 20.7. The third-order valence-electron chi connectivity index (χ3n) is 5.76. The second-order valence-electron chi connectivity index (χ2n) is 8.59. The smallest absolute Gasteiger partial charge is 0.213 e. The molecule has 184 valence electrons. The number of rotatable bonds is 10. The van der Waals surface area contributed by atoms with Crippen molar-refractivity contribution in [2.75, 3.05) is 26.9 Å². The molecule has 7 heteroatoms. The molecule has 0 fully saturated rings. The molecule has 2 heterocycles. The Labute approximate surface area is 216 Å². The number of hydrogen-bond donors (Lipinski definition) is 0. The van der Waals surface area contributed by atoms with Crippen LogP contribution < -0.4 is 9.47 Å². The fraction of sp³-hybridized carbons (Fsp3) is 0.276. The first kappa shape index (κ1) is 25.4. The van der Waals surface area contributed by atoms with E-state index in [1.807, 2.05) is 41.0 Å². The van der Waals surface area contributed by atoms with Crippen molar-refractivity contribution >= 4 is 23.1 Å². The predicted molar refractivity (Wildman–Crippen MR) is 145 cm³/mol. The standard InChI is InChI=1S/C29H29N3O3S/c1-5-15-34-24-13-14-26-25(18-24)28(22-11-9-21(10-12-22)20(2)3)31-29(36)32(26)19-23-7-6-8-27(30-23)35-17-16-33-4/h1,6-14,18,20H,15-17,19H2,2-4H3. The average molecular weight is 500 g/mol. The number of fused-ring (bicyclic) bond motifs is 1. The summed E-state index contributed by atoms with van der Waals surface area (Å²) in [7, 11) is 1.64. The van der Waals surface area contributed by atoms with Gasteiger partial charge in [0.1, 0.15) is 19.0 Å². The summed E-state index contributed by atoms with van der Waals surface area (Å²) >= 11 is 5.77. The van der Waals surface area contributed by atoms with E-state index in [-0.39, 0.29) is 6.61 Å². The predicted octanol–water partition coefficient (Wildman–Crippen LogP) is 6.04. The minimum atomic E-state index is 0.191. The summed E-state index contributed by atoms with van der Waals surface area (Å²) in [6.45, 7) is 5.92. The van der Waals surface area contributed by atoms with Gasteiger partial charge in [0.05, 0.1) is 30.1 Å². The van der Waals surface area contributed by atoms with Gasteiger partial charge in [-0.05, 0) is 48.0 Å². The molecule has 2 aromatic carbocycles. The molecule has 0 bridgehead atoms. The van der Waals surface area contributed by atoms with Gasteiger partial charge in [-0.15, -0.1) is 6.42 Å². The van der Waals surface area contributed by atoms with Crippen molar-refractivity contribution in [2.24, 2.45) is 0 Å². The average Bonchev–Trinajstić information content (AvgIpc) is 2.89. The van der Waals surface area contributed by atoms with Gasteiger partial charge in [0.2, 0.25) is 10.7 Å². The number of terminal acetylenes is 1. The van der Waals surface area contributed by atoms with Gasteiger partial charge in [-0.1, -0.05) is 50.1 Å². The Morgan fingerprint density at radius 2 is 1.81 bits per heavy atom. The Morgan fingerprint density at radius 1 is 1.00 bits per heavy atom. The molecule has 0 unspecified atom stereocenters. The number of benzene rings is 2. The number of methoxy groups -OCH3 is 1. The Kier molecular flexibility index (Phi) is 8.32. The second kappa shape index (κ2) is 11.8. The minimum absolute atomic E-state index is 0.191. The van der Waals surface area contributed by atoms with E-state index in [1.165, 1.54) is 5.56 Å². The summed E-state index contributed by atoms with van der Waals surface area (Å²) in [5.74, 6) is 4.18. The normalized spacial score (nSPS) is 11.0. The lowest BCUT2D eigenvalue weighted by Crippen LogP contribution is -2.10. The summed E-state index contributed by atoms with van der Waals surface area (Å²) in [5.41, 5.74) is 4.80. The molecule has 2 aromatic heterocycles. The second-order valence-corrected chi connectivity index (χ2v) is 8.95. The van der Waals surface area contributed by atoms with Gasteiger partial charge < -0.3 is 18.8 Å². The van der Waals surface area contributed by atoms with E-state index >= 15 is 0 Å². The first-order valence-electron chi connectivity index (χ1n) is 11.8. The van der Waals surface area contributed by atoms with Gasteiger partial charge in [-0.3, -0.25) is 0 Å². The minimum Gasteiger partial charge on any atom is -0.481 e. The van der Waals surface area contributed by atoms with Crippen LogP contribution in [0.2, 0.25) is 0 Å². The maximum atomic E-state index is 5.77. The molecule has 0 aliphatic heterocycles. The fourth-order valence-electron chi connectivity index (χ4n) is 3.89. The van der Waals surface area contributed by atoms with Crippen molar-refractivity contribution in [1.82, 2.24) is 14.5 Å². The highest BCUT2D eigenvalue weighted by Crippen LogP contribution is 2.31. The number of ether oxygens (including phenoxy) is 3. The monoisotopic (exact) mass is 499 g/mol. The van der Waals surface area contributed by atoms with Crippen LogP contribution in [0.1, 0.15) is 31.0 Å². The van der Waals surface area contributed by atoms with E-state index in [2.05, 4.69) is 49.0 Å². The van der Waals surface area contributed by atoms with E-state index in [0.717, 1.165) is 27.9 Å². The van der Waals surface area contributed by atoms with Crippen LogP contribution in [0.25, 0.3) is 22.2 Å². The van der Waals surface area contributed by atoms with Crippen molar-refractivity contribution in [2.45, 2.75) is 26.3 Å². The number of aromatic nitrogens is 3. The fourth-order valence-corrected chi connectivity index (χ4v) is 4.14. The molecule has 6 nitrogen and oxygen atoms in total. The molecule has 36 heavy (non-hydrogen) atoms. The van der Waals surface area contributed by atoms with Crippen LogP contribution in [0.5, 0.6) is 11.6 Å². The van der Waals surface area contributed by atoms with Gasteiger partial charge in [0.15, 0.2) is 0 Å². The number of pyridine rings is 1. The maximum Gasteiger partial charge on any atom is 0.213 e. The Hall–Kier alpha value is -3.73. The Balaban J connectivity index is 1.78. The molecule has 0 aliphatic carbocycles. The molecule has 0 spiro atoms. The molecule has 4 rings (SSSR count). The first-order chi connectivity index (χ1) is 17.5. The topological polar surface area (TPSA) is 58.4 Å². The summed E-state index contributed by atoms with van der Waals surface area (Å²) in [6.07, 6.45) is 5.40. The molecular weight excluding hydrogens is 470 g/mol. The third kappa shape index (κ3) is 5.91. The van der Waals surface area contributed by atoms with Gasteiger partial charge in [-0.25, -0.2) is 9.97 Å². The SMILES string of the molecule is C#CCOc1ccc2c(c1)c(-c1ccc(C(C)C)cc1)nc(=S)n2Cc1cccc(OCCOC)n1. The summed E-state index contributed by atoms with van der Waals surface area (Å²) < 4.78 is 18.9. The van der Waals surface area contributed by atoms with E-state index < -0.39 is 0 Å².